The van der Waals surface area contributed by atoms with Gasteiger partial charge in [0, 0.05) is 0 Å². The van der Waals surface area contributed by atoms with Gasteiger partial charge in [-0.1, -0.05) is 23.2 Å². The third-order valence-corrected chi connectivity index (χ3v) is 3.22. The van der Waals surface area contributed by atoms with Crippen LogP contribution in [0.4, 0.5) is 0 Å². The highest BCUT2D eigenvalue weighted by atomic mass is 35.5. The largest absolute Gasteiger partial charge is 0.494 e. The van der Waals surface area contributed by atoms with E-state index in [4.69, 9.17) is 44.3 Å². The number of hydrogen-bond acceptors (Lipinski definition) is 3. The third-order valence-electron chi connectivity index (χ3n) is 2.12. The summed E-state index contributed by atoms with van der Waals surface area (Å²) < 4.78 is 10.1. The highest BCUT2D eigenvalue weighted by molar-refractivity contribution is 6.68. The Bertz CT molecular complexity index is 412. The number of halogens is 3. The van der Waals surface area contributed by atoms with Gasteiger partial charge in [0.05, 0.1) is 24.3 Å². The van der Waals surface area contributed by atoms with Crippen molar-refractivity contribution in [3.63, 3.8) is 0 Å². The third kappa shape index (κ3) is 2.08. The average molecular weight is 284 g/mol. The van der Waals surface area contributed by atoms with E-state index in [1.54, 1.807) is 6.92 Å². The van der Waals surface area contributed by atoms with E-state index in [2.05, 4.69) is 0 Å². The SMILES string of the molecule is COc1c(Cl)c(C)c(Cl)c(OC)c1C(=O)Cl. The van der Waals surface area contributed by atoms with Gasteiger partial charge < -0.3 is 9.47 Å². The second kappa shape index (κ2) is 5.13. The number of methoxy groups -OCH3 is 2. The van der Waals surface area contributed by atoms with Gasteiger partial charge in [-0.3, -0.25) is 4.79 Å². The molecule has 0 unspecified atom stereocenters. The summed E-state index contributed by atoms with van der Waals surface area (Å²) in [4.78, 5) is 11.3. The number of benzene rings is 1. The average Bonchev–Trinajstić information content (AvgIpc) is 2.25. The fourth-order valence-corrected chi connectivity index (χ4v) is 2.07. The first-order valence-electron chi connectivity index (χ1n) is 4.25. The lowest BCUT2D eigenvalue weighted by Crippen LogP contribution is -2.03. The molecule has 1 aromatic carbocycles. The first kappa shape index (κ1) is 13.4. The molecule has 0 radical (unpaired) electrons. The maximum Gasteiger partial charge on any atom is 0.260 e. The molecule has 0 fully saturated rings. The van der Waals surface area contributed by atoms with Crippen LogP contribution in [0.1, 0.15) is 15.9 Å². The van der Waals surface area contributed by atoms with E-state index in [0.29, 0.717) is 5.56 Å². The van der Waals surface area contributed by atoms with E-state index in [1.807, 2.05) is 0 Å². The van der Waals surface area contributed by atoms with Crippen LogP contribution in [0.25, 0.3) is 0 Å². The normalized spacial score (nSPS) is 10.1. The highest BCUT2D eigenvalue weighted by Crippen LogP contribution is 2.44. The molecule has 0 amide bonds. The molecule has 0 saturated carbocycles. The summed E-state index contributed by atoms with van der Waals surface area (Å²) in [5.41, 5.74) is 0.603. The van der Waals surface area contributed by atoms with Crippen LogP contribution in [-0.4, -0.2) is 19.5 Å². The van der Waals surface area contributed by atoms with Crippen LogP contribution in [0.3, 0.4) is 0 Å². The lowest BCUT2D eigenvalue weighted by Gasteiger charge is -2.15. The number of hydrogen-bond donors (Lipinski definition) is 0. The zero-order chi connectivity index (χ0) is 12.5. The van der Waals surface area contributed by atoms with Gasteiger partial charge in [-0.25, -0.2) is 0 Å². The van der Waals surface area contributed by atoms with Gasteiger partial charge in [-0.15, -0.1) is 0 Å². The quantitative estimate of drug-likeness (QED) is 0.794. The summed E-state index contributed by atoms with van der Waals surface area (Å²) in [6, 6.07) is 0. The fourth-order valence-electron chi connectivity index (χ4n) is 1.32. The van der Waals surface area contributed by atoms with Crippen LogP contribution in [-0.2, 0) is 0 Å². The first-order chi connectivity index (χ1) is 7.45. The van der Waals surface area contributed by atoms with Crippen molar-refractivity contribution in [3.8, 4) is 11.5 Å². The molecular formula is C10H9Cl3O3. The van der Waals surface area contributed by atoms with Gasteiger partial charge in [0.2, 0.25) is 0 Å². The van der Waals surface area contributed by atoms with Crippen LogP contribution in [0.2, 0.25) is 10.0 Å². The Morgan fingerprint density at radius 1 is 1.06 bits per heavy atom. The lowest BCUT2D eigenvalue weighted by molar-refractivity contribution is 0.107. The number of ether oxygens (including phenoxy) is 2. The van der Waals surface area contributed by atoms with E-state index in [9.17, 15) is 4.79 Å². The Labute approximate surface area is 108 Å². The Balaban J connectivity index is 3.73. The molecule has 16 heavy (non-hydrogen) atoms. The molecule has 0 aliphatic heterocycles. The molecule has 0 aliphatic rings. The van der Waals surface area contributed by atoms with Crippen LogP contribution in [0.15, 0.2) is 0 Å². The first-order valence-corrected chi connectivity index (χ1v) is 5.38. The molecular weight excluding hydrogens is 274 g/mol. The number of carbonyl (C=O) groups is 1. The van der Waals surface area contributed by atoms with Crippen molar-refractivity contribution in [1.82, 2.24) is 0 Å². The van der Waals surface area contributed by atoms with Crippen molar-refractivity contribution in [2.24, 2.45) is 0 Å². The molecule has 0 aliphatic carbocycles. The lowest BCUT2D eigenvalue weighted by atomic mass is 10.1. The van der Waals surface area contributed by atoms with Crippen molar-refractivity contribution in [2.45, 2.75) is 6.92 Å². The standard InChI is InChI=1S/C10H9Cl3O3/c1-4-6(11)8(15-2)5(10(13)14)9(16-3)7(4)12/h1-3H3. The Kier molecular flexibility index (Phi) is 4.30. The summed E-state index contributed by atoms with van der Waals surface area (Å²) in [5, 5.41) is -0.243. The maximum atomic E-state index is 11.3. The van der Waals surface area contributed by atoms with Gasteiger partial charge in [0.15, 0.2) is 11.5 Å². The zero-order valence-electron chi connectivity index (χ0n) is 8.86. The predicted molar refractivity (Wildman–Crippen MR) is 64.5 cm³/mol. The second-order valence-corrected chi connectivity index (χ2v) is 4.07. The Hall–Kier alpha value is -0.640. The molecule has 1 aromatic rings. The second-order valence-electron chi connectivity index (χ2n) is 2.97. The van der Waals surface area contributed by atoms with Gasteiger partial charge in [-0.2, -0.15) is 0 Å². The molecule has 0 bridgehead atoms. The number of carbonyl (C=O) groups excluding carboxylic acids is 1. The van der Waals surface area contributed by atoms with Crippen molar-refractivity contribution < 1.29 is 14.3 Å². The van der Waals surface area contributed by atoms with Crippen LogP contribution in [0, 0.1) is 6.92 Å². The van der Waals surface area contributed by atoms with E-state index in [-0.39, 0.29) is 27.1 Å². The van der Waals surface area contributed by atoms with Crippen LogP contribution >= 0.6 is 34.8 Å². The van der Waals surface area contributed by atoms with Crippen molar-refractivity contribution >= 4 is 40.0 Å². The summed E-state index contributed by atoms with van der Waals surface area (Å²) in [6.45, 7) is 1.69. The monoisotopic (exact) mass is 282 g/mol. The summed E-state index contributed by atoms with van der Waals surface area (Å²) in [6.07, 6.45) is 0. The zero-order valence-corrected chi connectivity index (χ0v) is 11.1. The summed E-state index contributed by atoms with van der Waals surface area (Å²) >= 11 is 17.5. The smallest absolute Gasteiger partial charge is 0.260 e. The van der Waals surface area contributed by atoms with E-state index in [1.165, 1.54) is 14.2 Å². The van der Waals surface area contributed by atoms with E-state index in [0.717, 1.165) is 0 Å². The number of rotatable bonds is 3. The van der Waals surface area contributed by atoms with Gasteiger partial charge in [0.25, 0.3) is 5.24 Å². The molecule has 1 rings (SSSR count). The summed E-state index contributed by atoms with van der Waals surface area (Å²) in [5.74, 6) is 0.334. The maximum absolute atomic E-state index is 11.3. The molecule has 3 nitrogen and oxygen atoms in total. The van der Waals surface area contributed by atoms with Gasteiger partial charge in [0.1, 0.15) is 5.56 Å². The van der Waals surface area contributed by atoms with Gasteiger partial charge >= 0.3 is 0 Å². The Morgan fingerprint density at radius 3 is 1.69 bits per heavy atom. The molecule has 0 N–H and O–H groups in total. The van der Waals surface area contributed by atoms with Gasteiger partial charge in [-0.05, 0) is 24.1 Å². The summed E-state index contributed by atoms with van der Waals surface area (Å²) in [7, 11) is 2.77. The van der Waals surface area contributed by atoms with E-state index >= 15 is 0 Å². The van der Waals surface area contributed by atoms with Crippen molar-refractivity contribution in [1.29, 1.82) is 0 Å². The molecule has 0 spiro atoms. The molecule has 0 atom stereocenters. The topological polar surface area (TPSA) is 35.5 Å². The minimum Gasteiger partial charge on any atom is -0.494 e. The molecule has 6 heteroatoms. The molecule has 0 heterocycles. The van der Waals surface area contributed by atoms with Crippen molar-refractivity contribution in [3.05, 3.63) is 21.2 Å². The minimum atomic E-state index is -0.738. The minimum absolute atomic E-state index is 0.0345. The fraction of sp³-hybridized carbons (Fsp3) is 0.300. The van der Waals surface area contributed by atoms with Crippen LogP contribution < -0.4 is 9.47 Å². The molecule has 88 valence electrons. The Morgan fingerprint density at radius 2 is 1.44 bits per heavy atom. The highest BCUT2D eigenvalue weighted by Gasteiger charge is 2.25. The van der Waals surface area contributed by atoms with Crippen LogP contribution in [0.5, 0.6) is 11.5 Å². The van der Waals surface area contributed by atoms with Crippen molar-refractivity contribution in [2.75, 3.05) is 14.2 Å². The predicted octanol–water partition coefficient (Wildman–Crippen LogP) is 3.70. The molecule has 0 aromatic heterocycles. The molecule has 0 saturated heterocycles. The van der Waals surface area contributed by atoms with E-state index < -0.39 is 5.24 Å².